The molecule has 1 heterocycles. The average Bonchev–Trinajstić information content (AvgIpc) is 2.61. The smallest absolute Gasteiger partial charge is 0.318 e. The fraction of sp³-hybridized carbons (Fsp3) is 0.381. The molecule has 1 fully saturated rings. The molecule has 0 aromatic heterocycles. The molecule has 0 bridgehead atoms. The van der Waals surface area contributed by atoms with Gasteiger partial charge < -0.3 is 10.2 Å². The summed E-state index contributed by atoms with van der Waals surface area (Å²) < 4.78 is 0. The Bertz CT molecular complexity index is 607. The van der Waals surface area contributed by atoms with Gasteiger partial charge in [-0.15, -0.1) is 0 Å². The van der Waals surface area contributed by atoms with Crippen LogP contribution in [-0.2, 0) is 0 Å². The third kappa shape index (κ3) is 3.61. The number of likely N-dealkylation sites (tertiary alicyclic amines) is 1. The highest BCUT2D eigenvalue weighted by Crippen LogP contribution is 2.26. The zero-order chi connectivity index (χ0) is 16.9. The molecule has 1 saturated heterocycles. The van der Waals surface area contributed by atoms with Crippen LogP contribution in [0.5, 0.6) is 0 Å². The minimum absolute atomic E-state index is 0.0346. The maximum atomic E-state index is 13.0. The zero-order valence-corrected chi connectivity index (χ0v) is 14.5. The lowest BCUT2D eigenvalue weighted by atomic mass is 9.97. The van der Waals surface area contributed by atoms with Crippen LogP contribution in [0.4, 0.5) is 4.79 Å². The second-order valence-electron chi connectivity index (χ2n) is 6.74. The number of carbonyl (C=O) groups is 1. The van der Waals surface area contributed by atoms with Crippen LogP contribution in [0, 0.1) is 0 Å². The maximum Gasteiger partial charge on any atom is 0.318 e. The van der Waals surface area contributed by atoms with Crippen molar-refractivity contribution in [1.29, 1.82) is 0 Å². The molecule has 0 aliphatic carbocycles. The number of nitrogens with one attached hydrogen (secondary N) is 1. The molecule has 1 N–H and O–H groups in total. The van der Waals surface area contributed by atoms with Gasteiger partial charge >= 0.3 is 6.03 Å². The Morgan fingerprint density at radius 3 is 1.83 bits per heavy atom. The molecule has 3 heteroatoms. The Kier molecular flexibility index (Phi) is 5.19. The van der Waals surface area contributed by atoms with E-state index >= 15 is 0 Å². The third-order valence-electron chi connectivity index (χ3n) is 4.96. The van der Waals surface area contributed by atoms with Crippen molar-refractivity contribution in [1.82, 2.24) is 10.2 Å². The summed E-state index contributed by atoms with van der Waals surface area (Å²) in [6.45, 7) is 4.30. The molecule has 3 nitrogen and oxygen atoms in total. The molecule has 2 atom stereocenters. The van der Waals surface area contributed by atoms with Crippen LogP contribution in [0.25, 0.3) is 0 Å². The van der Waals surface area contributed by atoms with Gasteiger partial charge in [0.05, 0.1) is 6.04 Å². The lowest BCUT2D eigenvalue weighted by molar-refractivity contribution is 0.121. The molecule has 126 valence electrons. The van der Waals surface area contributed by atoms with Gasteiger partial charge in [-0.25, -0.2) is 4.79 Å². The molecule has 0 spiro atoms. The Morgan fingerprint density at radius 1 is 0.917 bits per heavy atom. The van der Waals surface area contributed by atoms with E-state index in [-0.39, 0.29) is 12.1 Å². The van der Waals surface area contributed by atoms with Crippen LogP contribution >= 0.6 is 0 Å². The molecule has 1 aliphatic rings. The molecular weight excluding hydrogens is 296 g/mol. The van der Waals surface area contributed by atoms with E-state index in [2.05, 4.69) is 43.4 Å². The Hall–Kier alpha value is -2.29. The number of amides is 2. The Balaban J connectivity index is 1.85. The summed E-state index contributed by atoms with van der Waals surface area (Å²) in [5.74, 6) is 0. The number of carbonyl (C=O) groups excluding carboxylic acids is 1. The first-order valence-electron chi connectivity index (χ1n) is 8.85. The summed E-state index contributed by atoms with van der Waals surface area (Å²) in [7, 11) is 0. The highest BCUT2D eigenvalue weighted by molar-refractivity contribution is 5.76. The lowest BCUT2D eigenvalue weighted by Gasteiger charge is -2.39. The highest BCUT2D eigenvalue weighted by atomic mass is 16.2. The predicted octanol–water partition coefficient (Wildman–Crippen LogP) is 4.75. The van der Waals surface area contributed by atoms with Crippen molar-refractivity contribution >= 4 is 6.03 Å². The van der Waals surface area contributed by atoms with Gasteiger partial charge in [-0.05, 0) is 44.2 Å². The Labute approximate surface area is 144 Å². The summed E-state index contributed by atoms with van der Waals surface area (Å²) in [4.78, 5) is 15.0. The van der Waals surface area contributed by atoms with Gasteiger partial charge in [0.2, 0.25) is 0 Å². The van der Waals surface area contributed by atoms with Gasteiger partial charge in [-0.2, -0.15) is 0 Å². The van der Waals surface area contributed by atoms with Crippen molar-refractivity contribution in [2.24, 2.45) is 0 Å². The average molecular weight is 322 g/mol. The van der Waals surface area contributed by atoms with Gasteiger partial charge in [0, 0.05) is 12.1 Å². The predicted molar refractivity (Wildman–Crippen MR) is 97.9 cm³/mol. The lowest BCUT2D eigenvalue weighted by Crippen LogP contribution is -2.52. The first kappa shape index (κ1) is 16.6. The number of piperidine rings is 1. The number of rotatable bonds is 3. The molecule has 3 rings (SSSR count). The fourth-order valence-electron chi connectivity index (χ4n) is 3.67. The molecule has 2 unspecified atom stereocenters. The maximum absolute atomic E-state index is 13.0. The van der Waals surface area contributed by atoms with Crippen molar-refractivity contribution < 1.29 is 4.79 Å². The summed E-state index contributed by atoms with van der Waals surface area (Å²) in [6.07, 6.45) is 3.37. The second kappa shape index (κ2) is 7.52. The fourth-order valence-corrected chi connectivity index (χ4v) is 3.67. The van der Waals surface area contributed by atoms with E-state index in [0.717, 1.165) is 24.0 Å². The van der Waals surface area contributed by atoms with Crippen molar-refractivity contribution in [3.8, 4) is 0 Å². The molecule has 24 heavy (non-hydrogen) atoms. The highest BCUT2D eigenvalue weighted by Gasteiger charge is 2.30. The van der Waals surface area contributed by atoms with Gasteiger partial charge in [-0.1, -0.05) is 60.7 Å². The van der Waals surface area contributed by atoms with Gasteiger partial charge in [-0.3, -0.25) is 0 Å². The van der Waals surface area contributed by atoms with Gasteiger partial charge in [0.1, 0.15) is 0 Å². The molecular formula is C21H26N2O. The summed E-state index contributed by atoms with van der Waals surface area (Å²) in [5.41, 5.74) is 2.21. The van der Waals surface area contributed by atoms with E-state index in [4.69, 9.17) is 0 Å². The summed E-state index contributed by atoms with van der Waals surface area (Å²) in [5, 5.41) is 3.27. The van der Waals surface area contributed by atoms with E-state index in [9.17, 15) is 4.79 Å². The van der Waals surface area contributed by atoms with E-state index in [1.54, 1.807) is 0 Å². The molecule has 2 aromatic rings. The summed E-state index contributed by atoms with van der Waals surface area (Å²) in [6, 6.07) is 20.9. The zero-order valence-electron chi connectivity index (χ0n) is 14.5. The van der Waals surface area contributed by atoms with E-state index in [0.29, 0.717) is 12.1 Å². The quantitative estimate of drug-likeness (QED) is 0.869. The molecule has 2 amide bonds. The van der Waals surface area contributed by atoms with E-state index in [1.807, 2.05) is 41.3 Å². The standard InChI is InChI=1S/C21H26N2O/c1-16-10-9-11-17(2)23(16)21(24)22-20(18-12-5-3-6-13-18)19-14-7-4-8-15-19/h3-8,12-17,20H,9-11H2,1-2H3,(H,22,24). The van der Waals surface area contributed by atoms with Crippen molar-refractivity contribution in [3.63, 3.8) is 0 Å². The van der Waals surface area contributed by atoms with Crippen molar-refractivity contribution in [2.75, 3.05) is 0 Å². The Morgan fingerprint density at radius 2 is 1.38 bits per heavy atom. The minimum atomic E-state index is -0.124. The first-order chi connectivity index (χ1) is 11.7. The topological polar surface area (TPSA) is 32.3 Å². The van der Waals surface area contributed by atoms with Crippen LogP contribution < -0.4 is 5.32 Å². The normalized spacial score (nSPS) is 20.9. The number of nitrogens with zero attached hydrogens (tertiary/aromatic N) is 1. The van der Waals surface area contributed by atoms with Crippen LogP contribution in [0.15, 0.2) is 60.7 Å². The SMILES string of the molecule is CC1CCCC(C)N1C(=O)NC(c1ccccc1)c1ccccc1. The number of benzene rings is 2. The second-order valence-corrected chi connectivity index (χ2v) is 6.74. The third-order valence-corrected chi connectivity index (χ3v) is 4.96. The van der Waals surface area contributed by atoms with Crippen LogP contribution in [-0.4, -0.2) is 23.0 Å². The number of hydrogen-bond acceptors (Lipinski definition) is 1. The number of urea groups is 1. The molecule has 1 aliphatic heterocycles. The molecule has 0 saturated carbocycles. The van der Waals surface area contributed by atoms with Crippen molar-refractivity contribution in [2.45, 2.75) is 51.2 Å². The monoisotopic (exact) mass is 322 g/mol. The van der Waals surface area contributed by atoms with Crippen LogP contribution in [0.2, 0.25) is 0 Å². The van der Waals surface area contributed by atoms with Gasteiger partial charge in [0.25, 0.3) is 0 Å². The van der Waals surface area contributed by atoms with Crippen LogP contribution in [0.3, 0.4) is 0 Å². The van der Waals surface area contributed by atoms with Crippen molar-refractivity contribution in [3.05, 3.63) is 71.8 Å². The molecule has 2 aromatic carbocycles. The summed E-state index contributed by atoms with van der Waals surface area (Å²) >= 11 is 0. The first-order valence-corrected chi connectivity index (χ1v) is 8.85. The van der Waals surface area contributed by atoms with Gasteiger partial charge in [0.15, 0.2) is 0 Å². The van der Waals surface area contributed by atoms with E-state index in [1.165, 1.54) is 6.42 Å². The minimum Gasteiger partial charge on any atom is -0.327 e. The largest absolute Gasteiger partial charge is 0.327 e. The molecule has 0 radical (unpaired) electrons. The van der Waals surface area contributed by atoms with E-state index < -0.39 is 0 Å². The number of hydrogen-bond donors (Lipinski definition) is 1. The van der Waals surface area contributed by atoms with Crippen LogP contribution in [0.1, 0.15) is 50.3 Å².